The smallest absolute Gasteiger partial charge is 0.327 e. The monoisotopic (exact) mass is 279 g/mol. The molecule has 2 unspecified atom stereocenters. The molecule has 4 nitrogen and oxygen atoms in total. The van der Waals surface area contributed by atoms with Crippen LogP contribution in [0, 0.1) is 0 Å². The Labute approximate surface area is 116 Å². The van der Waals surface area contributed by atoms with Crippen LogP contribution in [0.1, 0.15) is 31.7 Å². The molecule has 0 bridgehead atoms. The molecule has 1 fully saturated rings. The summed E-state index contributed by atoms with van der Waals surface area (Å²) < 4.78 is -0.516. The molecular formula is C14H17NO3S. The molecule has 0 aliphatic carbocycles. The van der Waals surface area contributed by atoms with Gasteiger partial charge in [-0.05, 0) is 19.4 Å². The van der Waals surface area contributed by atoms with E-state index in [2.05, 4.69) is 0 Å². The molecule has 1 heterocycles. The summed E-state index contributed by atoms with van der Waals surface area (Å²) in [6.45, 7) is 5.17. The summed E-state index contributed by atoms with van der Waals surface area (Å²) in [5, 5.41) is 9.18. The predicted molar refractivity (Wildman–Crippen MR) is 74.8 cm³/mol. The Hall–Kier alpha value is -1.49. The van der Waals surface area contributed by atoms with Crippen LogP contribution >= 0.6 is 11.8 Å². The molecule has 0 aromatic heterocycles. The van der Waals surface area contributed by atoms with Crippen molar-refractivity contribution in [1.82, 2.24) is 4.90 Å². The largest absolute Gasteiger partial charge is 0.480 e. The number of benzene rings is 1. The van der Waals surface area contributed by atoms with Crippen molar-refractivity contribution in [3.8, 4) is 0 Å². The molecule has 2 atom stereocenters. The van der Waals surface area contributed by atoms with E-state index in [0.717, 1.165) is 5.56 Å². The summed E-state index contributed by atoms with van der Waals surface area (Å²) in [6.07, 6.45) is 0. The summed E-state index contributed by atoms with van der Waals surface area (Å²) >= 11 is 1.52. The average molecular weight is 279 g/mol. The lowest BCUT2D eigenvalue weighted by atomic mass is 10.0. The van der Waals surface area contributed by atoms with Crippen molar-refractivity contribution in [3.63, 3.8) is 0 Å². The highest BCUT2D eigenvalue weighted by Gasteiger charge is 2.52. The van der Waals surface area contributed by atoms with Gasteiger partial charge in [-0.15, -0.1) is 11.8 Å². The summed E-state index contributed by atoms with van der Waals surface area (Å²) in [5.74, 6) is -1.16. The number of carbonyl (C=O) groups excluding carboxylic acids is 1. The number of aliphatic carboxylic acids is 1. The number of amides is 1. The van der Waals surface area contributed by atoms with Crippen molar-refractivity contribution in [3.05, 3.63) is 35.9 Å². The van der Waals surface area contributed by atoms with Gasteiger partial charge < -0.3 is 10.0 Å². The molecule has 0 radical (unpaired) electrons. The van der Waals surface area contributed by atoms with E-state index in [1.807, 2.05) is 44.2 Å². The van der Waals surface area contributed by atoms with E-state index in [1.165, 1.54) is 23.6 Å². The fourth-order valence-corrected chi connectivity index (χ4v) is 4.08. The second-order valence-electron chi connectivity index (χ2n) is 5.15. The molecule has 1 aromatic rings. The number of rotatable bonds is 2. The third-order valence-electron chi connectivity index (χ3n) is 3.29. The van der Waals surface area contributed by atoms with Crippen LogP contribution in [0.5, 0.6) is 0 Å². The van der Waals surface area contributed by atoms with Crippen molar-refractivity contribution < 1.29 is 14.7 Å². The van der Waals surface area contributed by atoms with E-state index < -0.39 is 16.8 Å². The van der Waals surface area contributed by atoms with Crippen LogP contribution in [0.2, 0.25) is 0 Å². The second-order valence-corrected chi connectivity index (χ2v) is 6.89. The SMILES string of the molecule is CC(=O)N1C(c2ccccc2)SC(C)(C)C1C(=O)O. The van der Waals surface area contributed by atoms with Gasteiger partial charge in [-0.3, -0.25) is 4.79 Å². The number of carboxylic acid groups (broad SMARTS) is 1. The molecule has 1 saturated heterocycles. The topological polar surface area (TPSA) is 57.6 Å². The Bertz CT molecular complexity index is 501. The van der Waals surface area contributed by atoms with Gasteiger partial charge in [0.25, 0.3) is 0 Å². The van der Waals surface area contributed by atoms with Crippen LogP contribution in [-0.2, 0) is 9.59 Å². The van der Waals surface area contributed by atoms with Crippen molar-refractivity contribution in [2.45, 2.75) is 36.9 Å². The van der Waals surface area contributed by atoms with Crippen molar-refractivity contribution in [2.75, 3.05) is 0 Å². The van der Waals surface area contributed by atoms with Crippen molar-refractivity contribution >= 4 is 23.6 Å². The highest BCUT2D eigenvalue weighted by molar-refractivity contribution is 8.01. The minimum Gasteiger partial charge on any atom is -0.480 e. The molecule has 1 aliphatic rings. The second kappa shape index (κ2) is 4.89. The molecule has 1 amide bonds. The molecule has 2 rings (SSSR count). The molecule has 19 heavy (non-hydrogen) atoms. The lowest BCUT2D eigenvalue weighted by Crippen LogP contribution is -2.48. The Morgan fingerprint density at radius 1 is 1.26 bits per heavy atom. The van der Waals surface area contributed by atoms with Gasteiger partial charge in [0, 0.05) is 11.7 Å². The quantitative estimate of drug-likeness (QED) is 0.903. The third-order valence-corrected chi connectivity index (χ3v) is 4.84. The Morgan fingerprint density at radius 2 is 1.84 bits per heavy atom. The number of carboxylic acids is 1. The maximum Gasteiger partial charge on any atom is 0.327 e. The average Bonchev–Trinajstić information content (AvgIpc) is 2.62. The van der Waals surface area contributed by atoms with Gasteiger partial charge in [0.05, 0.1) is 0 Å². The molecule has 0 saturated carbocycles. The normalized spacial score (nSPS) is 25.3. The minimum atomic E-state index is -0.953. The van der Waals surface area contributed by atoms with Crippen LogP contribution in [0.15, 0.2) is 30.3 Å². The van der Waals surface area contributed by atoms with E-state index in [0.29, 0.717) is 0 Å². The van der Waals surface area contributed by atoms with E-state index in [9.17, 15) is 14.7 Å². The van der Waals surface area contributed by atoms with Crippen LogP contribution in [0.4, 0.5) is 0 Å². The fourth-order valence-electron chi connectivity index (χ4n) is 2.49. The van der Waals surface area contributed by atoms with Crippen LogP contribution in [-0.4, -0.2) is 32.7 Å². The maximum absolute atomic E-state index is 11.9. The molecular weight excluding hydrogens is 262 g/mol. The summed E-state index contributed by atoms with van der Waals surface area (Å²) in [6, 6.07) is 8.74. The Balaban J connectivity index is 2.45. The zero-order valence-electron chi connectivity index (χ0n) is 11.2. The first-order valence-corrected chi connectivity index (χ1v) is 6.97. The fraction of sp³-hybridized carbons (Fsp3) is 0.429. The maximum atomic E-state index is 11.9. The summed E-state index contributed by atoms with van der Waals surface area (Å²) in [4.78, 5) is 24.9. The van der Waals surface area contributed by atoms with E-state index in [1.54, 1.807) is 0 Å². The van der Waals surface area contributed by atoms with E-state index >= 15 is 0 Å². The minimum absolute atomic E-state index is 0.209. The van der Waals surface area contributed by atoms with Crippen LogP contribution < -0.4 is 0 Å². The van der Waals surface area contributed by atoms with Crippen molar-refractivity contribution in [1.29, 1.82) is 0 Å². The number of carbonyl (C=O) groups is 2. The number of hydrogen-bond donors (Lipinski definition) is 1. The zero-order valence-corrected chi connectivity index (χ0v) is 12.0. The highest BCUT2D eigenvalue weighted by atomic mass is 32.2. The summed E-state index contributed by atoms with van der Waals surface area (Å²) in [5.41, 5.74) is 0.958. The van der Waals surface area contributed by atoms with E-state index in [-0.39, 0.29) is 11.3 Å². The molecule has 1 aliphatic heterocycles. The van der Waals surface area contributed by atoms with Gasteiger partial charge >= 0.3 is 5.97 Å². The molecule has 0 spiro atoms. The lowest BCUT2D eigenvalue weighted by molar-refractivity contribution is -0.150. The first-order valence-electron chi connectivity index (χ1n) is 6.09. The summed E-state index contributed by atoms with van der Waals surface area (Å²) in [7, 11) is 0. The first-order chi connectivity index (χ1) is 8.84. The van der Waals surface area contributed by atoms with Gasteiger partial charge in [0.15, 0.2) is 0 Å². The number of nitrogens with zero attached hydrogens (tertiary/aromatic N) is 1. The molecule has 5 heteroatoms. The molecule has 102 valence electrons. The van der Waals surface area contributed by atoms with Crippen molar-refractivity contribution in [2.24, 2.45) is 0 Å². The zero-order chi connectivity index (χ0) is 14.2. The standard InChI is InChI=1S/C14H17NO3S/c1-9(16)15-11(13(17)18)14(2,3)19-12(15)10-7-5-4-6-8-10/h4-8,11-12H,1-3H3,(H,17,18). The van der Waals surface area contributed by atoms with Crippen LogP contribution in [0.25, 0.3) is 0 Å². The molecule has 1 aromatic carbocycles. The van der Waals surface area contributed by atoms with Gasteiger partial charge in [-0.1, -0.05) is 30.3 Å². The van der Waals surface area contributed by atoms with Gasteiger partial charge in [0.1, 0.15) is 11.4 Å². The van der Waals surface area contributed by atoms with E-state index in [4.69, 9.17) is 0 Å². The Morgan fingerprint density at radius 3 is 2.32 bits per heavy atom. The first kappa shape index (κ1) is 13.9. The van der Waals surface area contributed by atoms with Gasteiger partial charge in [-0.2, -0.15) is 0 Å². The molecule has 1 N–H and O–H groups in total. The Kier molecular flexibility index (Phi) is 3.58. The number of hydrogen-bond acceptors (Lipinski definition) is 3. The highest BCUT2D eigenvalue weighted by Crippen LogP contribution is 2.52. The van der Waals surface area contributed by atoms with Gasteiger partial charge in [-0.25, -0.2) is 4.79 Å². The van der Waals surface area contributed by atoms with Crippen LogP contribution in [0.3, 0.4) is 0 Å². The predicted octanol–water partition coefficient (Wildman–Crippen LogP) is 2.51. The van der Waals surface area contributed by atoms with Gasteiger partial charge in [0.2, 0.25) is 5.91 Å². The lowest BCUT2D eigenvalue weighted by Gasteiger charge is -2.28. The number of thioether (sulfide) groups is 1. The third kappa shape index (κ3) is 2.47.